The van der Waals surface area contributed by atoms with Gasteiger partial charge in [0.25, 0.3) is 0 Å². The first-order chi connectivity index (χ1) is 5.07. The van der Waals surface area contributed by atoms with E-state index in [1.807, 2.05) is 0 Å². The lowest BCUT2D eigenvalue weighted by atomic mass is 10.2. The van der Waals surface area contributed by atoms with Gasteiger partial charge in [-0.05, 0) is 0 Å². The maximum absolute atomic E-state index is 10.6. The van der Waals surface area contributed by atoms with E-state index in [-0.39, 0.29) is 0 Å². The van der Waals surface area contributed by atoms with Crippen molar-refractivity contribution in [2.75, 3.05) is 6.61 Å². The van der Waals surface area contributed by atoms with Gasteiger partial charge in [-0.25, -0.2) is 0 Å². The second-order valence-corrected chi connectivity index (χ2v) is 1.86. The molecule has 0 aliphatic rings. The van der Waals surface area contributed by atoms with Gasteiger partial charge in [0.1, 0.15) is 0 Å². The predicted octanol–water partition coefficient (Wildman–Crippen LogP) is -0.0881. The maximum Gasteiger partial charge on any atom is 0.303 e. The second kappa shape index (κ2) is 4.60. The van der Waals surface area contributed by atoms with Crippen LogP contribution in [0.25, 0.3) is 0 Å². The molecule has 0 N–H and O–H groups in total. The molecule has 0 aromatic rings. The highest BCUT2D eigenvalue weighted by atomic mass is 16.5. The minimum absolute atomic E-state index is 0.460. The fourth-order valence-corrected chi connectivity index (χ4v) is 0.399. The fraction of sp³-hybridized carbons (Fsp3) is 0.429. The highest BCUT2D eigenvalue weighted by Crippen LogP contribution is 1.84. The number of carbonyl (C=O) groups excluding carboxylic acids is 3. The summed E-state index contributed by atoms with van der Waals surface area (Å²) in [6.07, 6.45) is 1.13. The third-order valence-corrected chi connectivity index (χ3v) is 0.944. The van der Waals surface area contributed by atoms with Crippen molar-refractivity contribution in [3.63, 3.8) is 0 Å². The van der Waals surface area contributed by atoms with Gasteiger partial charge in [0.15, 0.2) is 6.61 Å². The lowest BCUT2D eigenvalue weighted by molar-refractivity contribution is -0.147. The average molecular weight is 157 g/mol. The van der Waals surface area contributed by atoms with Crippen molar-refractivity contribution in [1.82, 2.24) is 0 Å². The largest absolute Gasteiger partial charge is 0.457 e. The molecule has 0 aromatic heterocycles. The molecule has 0 aliphatic carbocycles. The van der Waals surface area contributed by atoms with Gasteiger partial charge < -0.3 is 4.74 Å². The molecule has 4 heteroatoms. The monoisotopic (exact) mass is 157 g/mol. The molecule has 61 valence electrons. The minimum Gasteiger partial charge on any atom is -0.457 e. The van der Waals surface area contributed by atoms with Crippen LogP contribution in [0.1, 0.15) is 13.8 Å². The zero-order chi connectivity index (χ0) is 8.85. The van der Waals surface area contributed by atoms with Gasteiger partial charge in [0.2, 0.25) is 11.6 Å². The maximum atomic E-state index is 10.6. The quantitative estimate of drug-likeness (QED) is 0.422. The molecule has 0 rings (SSSR count). The Morgan fingerprint density at radius 2 is 1.91 bits per heavy atom. The number of ether oxygens (including phenoxy) is 1. The molecule has 0 fully saturated rings. The summed E-state index contributed by atoms with van der Waals surface area (Å²) >= 11 is 0. The van der Waals surface area contributed by atoms with Crippen molar-refractivity contribution in [3.8, 4) is 0 Å². The molecule has 0 heterocycles. The van der Waals surface area contributed by atoms with Crippen LogP contribution in [0.5, 0.6) is 0 Å². The highest BCUT2D eigenvalue weighted by Gasteiger charge is 2.12. The Labute approximate surface area is 64.5 Å². The van der Waals surface area contributed by atoms with Crippen molar-refractivity contribution in [2.24, 2.45) is 0 Å². The summed E-state index contributed by atoms with van der Waals surface area (Å²) in [6, 6.07) is 0. The van der Waals surface area contributed by atoms with Gasteiger partial charge >= 0.3 is 5.97 Å². The summed E-state index contributed by atoms with van der Waals surface area (Å²) in [5.74, 6) is -1.91. The molecule has 0 unspecified atom stereocenters. The molecule has 0 bridgehead atoms. The number of Topliss-reactive ketones (excluding diaryl/α,β-unsaturated/α-hetero) is 2. The number of esters is 1. The highest BCUT2D eigenvalue weighted by molar-refractivity contribution is 6.41. The van der Waals surface area contributed by atoms with Crippen molar-refractivity contribution in [3.05, 3.63) is 6.42 Å². The van der Waals surface area contributed by atoms with Gasteiger partial charge in [0.05, 0.1) is 0 Å². The zero-order valence-electron chi connectivity index (χ0n) is 6.42. The number of ketones is 2. The molecule has 11 heavy (non-hydrogen) atoms. The third kappa shape index (κ3) is 4.25. The van der Waals surface area contributed by atoms with Crippen molar-refractivity contribution < 1.29 is 19.1 Å². The normalized spacial score (nSPS) is 8.91. The van der Waals surface area contributed by atoms with Crippen molar-refractivity contribution in [1.29, 1.82) is 0 Å². The van der Waals surface area contributed by atoms with Gasteiger partial charge in [-0.3, -0.25) is 14.4 Å². The predicted molar refractivity (Wildman–Crippen MR) is 36.6 cm³/mol. The van der Waals surface area contributed by atoms with E-state index in [0.717, 1.165) is 6.42 Å². The lowest BCUT2D eigenvalue weighted by Crippen LogP contribution is -2.20. The van der Waals surface area contributed by atoms with Crippen LogP contribution >= 0.6 is 0 Å². The first-order valence-electron chi connectivity index (χ1n) is 3.07. The van der Waals surface area contributed by atoms with Crippen LogP contribution in [0.4, 0.5) is 0 Å². The van der Waals surface area contributed by atoms with E-state index in [0.29, 0.717) is 0 Å². The van der Waals surface area contributed by atoms with E-state index in [9.17, 15) is 14.4 Å². The Balaban J connectivity index is 3.70. The fourth-order valence-electron chi connectivity index (χ4n) is 0.399. The van der Waals surface area contributed by atoms with Crippen molar-refractivity contribution >= 4 is 17.5 Å². The molecule has 0 spiro atoms. The van der Waals surface area contributed by atoms with Crippen LogP contribution in [0.2, 0.25) is 0 Å². The smallest absolute Gasteiger partial charge is 0.303 e. The van der Waals surface area contributed by atoms with Gasteiger partial charge in [0, 0.05) is 13.3 Å². The second-order valence-electron chi connectivity index (χ2n) is 1.86. The molecule has 0 aromatic carbocycles. The van der Waals surface area contributed by atoms with Crippen LogP contribution in [0, 0.1) is 6.42 Å². The van der Waals surface area contributed by atoms with Crippen LogP contribution in [0.15, 0.2) is 0 Å². The number of carbonyl (C=O) groups is 3. The summed E-state index contributed by atoms with van der Waals surface area (Å²) in [5.41, 5.74) is 0. The lowest BCUT2D eigenvalue weighted by Gasteiger charge is -1.97. The molecule has 1 radical (unpaired) electrons. The Bertz CT molecular complexity index is 183. The van der Waals surface area contributed by atoms with E-state index in [1.165, 1.54) is 13.8 Å². The molecule has 0 amide bonds. The topological polar surface area (TPSA) is 60.4 Å². The molecule has 0 saturated carbocycles. The van der Waals surface area contributed by atoms with E-state index in [1.54, 1.807) is 0 Å². The number of rotatable bonds is 4. The molecule has 0 atom stereocenters. The van der Waals surface area contributed by atoms with Gasteiger partial charge in [-0.1, -0.05) is 6.92 Å². The van der Waals surface area contributed by atoms with Gasteiger partial charge in [-0.2, -0.15) is 0 Å². The van der Waals surface area contributed by atoms with E-state index in [4.69, 9.17) is 0 Å². The Hall–Kier alpha value is -1.19. The summed E-state index contributed by atoms with van der Waals surface area (Å²) in [5, 5.41) is 0. The van der Waals surface area contributed by atoms with Crippen LogP contribution in [0.3, 0.4) is 0 Å². The number of hydrogen-bond acceptors (Lipinski definition) is 4. The van der Waals surface area contributed by atoms with Crippen molar-refractivity contribution in [2.45, 2.75) is 13.8 Å². The standard InChI is InChI=1S/C7H9O4/c1-3-6(9)7(10)4-11-5(2)8/h3H,4H2,1-2H3. The first-order valence-corrected chi connectivity index (χ1v) is 3.07. The molecular formula is C7H9O4. The Morgan fingerprint density at radius 3 is 2.27 bits per heavy atom. The summed E-state index contributed by atoms with van der Waals surface area (Å²) < 4.78 is 4.30. The third-order valence-electron chi connectivity index (χ3n) is 0.944. The average Bonchev–Trinajstić information content (AvgIpc) is 1.98. The Morgan fingerprint density at radius 1 is 1.36 bits per heavy atom. The van der Waals surface area contributed by atoms with Crippen LogP contribution < -0.4 is 0 Å². The van der Waals surface area contributed by atoms with E-state index >= 15 is 0 Å². The zero-order valence-corrected chi connectivity index (χ0v) is 6.42. The SMILES string of the molecule is C[CH]C(=O)C(=O)COC(C)=O. The minimum atomic E-state index is -0.706. The summed E-state index contributed by atoms with van der Waals surface area (Å²) in [6.45, 7) is 2.17. The molecular weight excluding hydrogens is 148 g/mol. The molecule has 0 aliphatic heterocycles. The molecule has 0 saturated heterocycles. The van der Waals surface area contributed by atoms with Crippen LogP contribution in [-0.2, 0) is 19.1 Å². The summed E-state index contributed by atoms with van der Waals surface area (Å²) in [4.78, 5) is 31.3. The van der Waals surface area contributed by atoms with E-state index in [2.05, 4.69) is 4.74 Å². The number of hydrogen-bond donors (Lipinski definition) is 0. The molecule has 4 nitrogen and oxygen atoms in total. The Kier molecular flexibility index (Phi) is 4.10. The summed E-state index contributed by atoms with van der Waals surface area (Å²) in [7, 11) is 0. The van der Waals surface area contributed by atoms with E-state index < -0.39 is 24.1 Å². The first kappa shape index (κ1) is 9.81. The van der Waals surface area contributed by atoms with Gasteiger partial charge in [-0.15, -0.1) is 0 Å². The van der Waals surface area contributed by atoms with Crippen LogP contribution in [-0.4, -0.2) is 24.1 Å².